The zero-order valence-electron chi connectivity index (χ0n) is 11.3. The molecule has 3 rings (SSSR count). The van der Waals surface area contributed by atoms with Gasteiger partial charge in [0.25, 0.3) is 0 Å². The molecule has 18 heavy (non-hydrogen) atoms. The van der Waals surface area contributed by atoms with E-state index < -0.39 is 5.54 Å². The molecule has 4 heteroatoms. The highest BCUT2D eigenvalue weighted by Gasteiger charge is 2.46. The van der Waals surface area contributed by atoms with E-state index in [4.69, 9.17) is 5.73 Å². The molecule has 1 amide bonds. The van der Waals surface area contributed by atoms with Gasteiger partial charge in [0.1, 0.15) is 0 Å². The molecule has 1 saturated carbocycles. The number of amides is 1. The molecule has 0 spiro atoms. The molecule has 1 aliphatic carbocycles. The lowest BCUT2D eigenvalue weighted by Crippen LogP contribution is -2.58. The molecule has 102 valence electrons. The predicted octanol–water partition coefficient (Wildman–Crippen LogP) is 0.857. The van der Waals surface area contributed by atoms with Crippen molar-refractivity contribution in [1.82, 2.24) is 10.2 Å². The number of carbonyl (C=O) groups is 1. The topological polar surface area (TPSA) is 58.4 Å². The van der Waals surface area contributed by atoms with E-state index in [-0.39, 0.29) is 5.91 Å². The van der Waals surface area contributed by atoms with Gasteiger partial charge in [0.15, 0.2) is 0 Å². The number of hydrogen-bond acceptors (Lipinski definition) is 3. The van der Waals surface area contributed by atoms with Gasteiger partial charge in [-0.3, -0.25) is 9.69 Å². The van der Waals surface area contributed by atoms with Gasteiger partial charge in [-0.25, -0.2) is 0 Å². The van der Waals surface area contributed by atoms with Crippen LogP contribution in [0.15, 0.2) is 0 Å². The summed E-state index contributed by atoms with van der Waals surface area (Å²) in [6.45, 7) is 4.24. The molecule has 3 aliphatic rings. The number of carbonyl (C=O) groups excluding carboxylic acids is 1. The van der Waals surface area contributed by atoms with Crippen molar-refractivity contribution in [2.24, 2.45) is 11.7 Å². The molecule has 0 aromatic rings. The van der Waals surface area contributed by atoms with Crippen LogP contribution in [0.25, 0.3) is 0 Å². The van der Waals surface area contributed by atoms with E-state index >= 15 is 0 Å². The third kappa shape index (κ3) is 2.16. The number of nitrogens with zero attached hydrogens (tertiary/aromatic N) is 1. The van der Waals surface area contributed by atoms with Gasteiger partial charge in [-0.2, -0.15) is 0 Å². The van der Waals surface area contributed by atoms with Crippen molar-refractivity contribution >= 4 is 5.91 Å². The predicted molar refractivity (Wildman–Crippen MR) is 71.1 cm³/mol. The van der Waals surface area contributed by atoms with Gasteiger partial charge in [-0.1, -0.05) is 6.42 Å². The summed E-state index contributed by atoms with van der Waals surface area (Å²) in [5.74, 6) is 0.476. The molecule has 0 aromatic carbocycles. The SMILES string of the molecule is CC(N)(C(=O)NC1CCN2CCCCC12)C1CC1. The van der Waals surface area contributed by atoms with E-state index in [0.717, 1.165) is 25.8 Å². The van der Waals surface area contributed by atoms with Crippen molar-refractivity contribution in [2.75, 3.05) is 13.1 Å². The van der Waals surface area contributed by atoms with Crippen LogP contribution in [-0.2, 0) is 4.79 Å². The van der Waals surface area contributed by atoms with Crippen LogP contribution in [0.1, 0.15) is 45.4 Å². The van der Waals surface area contributed by atoms with Gasteiger partial charge in [0, 0.05) is 18.6 Å². The summed E-state index contributed by atoms with van der Waals surface area (Å²) < 4.78 is 0. The van der Waals surface area contributed by atoms with Crippen LogP contribution in [-0.4, -0.2) is 41.5 Å². The van der Waals surface area contributed by atoms with Crippen LogP contribution in [0.4, 0.5) is 0 Å². The maximum absolute atomic E-state index is 12.3. The lowest BCUT2D eigenvalue weighted by atomic mass is 9.94. The molecular formula is C14H25N3O. The summed E-state index contributed by atoms with van der Waals surface area (Å²) in [6, 6.07) is 0.900. The molecule has 2 aliphatic heterocycles. The molecule has 3 unspecified atom stereocenters. The zero-order valence-corrected chi connectivity index (χ0v) is 11.3. The summed E-state index contributed by atoms with van der Waals surface area (Å²) in [5.41, 5.74) is 5.54. The Morgan fingerprint density at radius 3 is 2.72 bits per heavy atom. The fourth-order valence-electron chi connectivity index (χ4n) is 3.61. The second kappa shape index (κ2) is 4.49. The average Bonchev–Trinajstić information content (AvgIpc) is 3.14. The first-order valence-electron chi connectivity index (χ1n) is 7.43. The lowest BCUT2D eigenvalue weighted by molar-refractivity contribution is -0.127. The van der Waals surface area contributed by atoms with Crippen molar-refractivity contribution in [1.29, 1.82) is 0 Å². The number of nitrogens with two attached hydrogens (primary N) is 1. The summed E-state index contributed by atoms with van der Waals surface area (Å²) in [7, 11) is 0. The normalized spacial score (nSPS) is 35.9. The van der Waals surface area contributed by atoms with Crippen LogP contribution >= 0.6 is 0 Å². The number of nitrogens with one attached hydrogen (secondary N) is 1. The second-order valence-electron chi connectivity index (χ2n) is 6.52. The number of fused-ring (bicyclic) bond motifs is 1. The molecule has 3 atom stereocenters. The Morgan fingerprint density at radius 2 is 2.00 bits per heavy atom. The van der Waals surface area contributed by atoms with Gasteiger partial charge in [0.2, 0.25) is 5.91 Å². The highest BCUT2D eigenvalue weighted by Crippen LogP contribution is 2.38. The Bertz CT molecular complexity index is 338. The second-order valence-corrected chi connectivity index (χ2v) is 6.52. The highest BCUT2D eigenvalue weighted by atomic mass is 16.2. The fraction of sp³-hybridized carbons (Fsp3) is 0.929. The maximum atomic E-state index is 12.3. The van der Waals surface area contributed by atoms with Crippen molar-refractivity contribution < 1.29 is 4.79 Å². The van der Waals surface area contributed by atoms with Crippen molar-refractivity contribution in [2.45, 2.75) is 63.1 Å². The van der Waals surface area contributed by atoms with Crippen LogP contribution in [0.2, 0.25) is 0 Å². The molecule has 2 saturated heterocycles. The fourth-order valence-corrected chi connectivity index (χ4v) is 3.61. The van der Waals surface area contributed by atoms with Crippen molar-refractivity contribution in [3.63, 3.8) is 0 Å². The number of hydrogen-bond donors (Lipinski definition) is 2. The largest absolute Gasteiger partial charge is 0.350 e. The van der Waals surface area contributed by atoms with E-state index in [1.165, 1.54) is 25.8 Å². The third-order valence-corrected chi connectivity index (χ3v) is 5.09. The van der Waals surface area contributed by atoms with E-state index in [2.05, 4.69) is 10.2 Å². The number of piperidine rings is 1. The lowest BCUT2D eigenvalue weighted by Gasteiger charge is -2.34. The van der Waals surface area contributed by atoms with Gasteiger partial charge in [-0.05, 0) is 51.5 Å². The van der Waals surface area contributed by atoms with Gasteiger partial charge >= 0.3 is 0 Å². The van der Waals surface area contributed by atoms with Gasteiger partial charge < -0.3 is 11.1 Å². The Labute approximate surface area is 109 Å². The maximum Gasteiger partial charge on any atom is 0.240 e. The standard InChI is InChI=1S/C14H25N3O/c1-14(15,10-5-6-10)13(18)16-11-7-9-17-8-3-2-4-12(11)17/h10-12H,2-9,15H2,1H3,(H,16,18). The smallest absolute Gasteiger partial charge is 0.240 e. The minimum absolute atomic E-state index is 0.0717. The molecule has 0 bridgehead atoms. The van der Waals surface area contributed by atoms with E-state index in [1.807, 2.05) is 6.92 Å². The molecule has 3 fully saturated rings. The van der Waals surface area contributed by atoms with Gasteiger partial charge in [0.05, 0.1) is 5.54 Å². The Balaban J connectivity index is 1.60. The Morgan fingerprint density at radius 1 is 1.22 bits per heavy atom. The molecule has 0 aromatic heterocycles. The summed E-state index contributed by atoms with van der Waals surface area (Å²) in [5, 5.41) is 3.23. The highest BCUT2D eigenvalue weighted by molar-refractivity contribution is 5.86. The first-order chi connectivity index (χ1) is 8.59. The molecule has 2 heterocycles. The average molecular weight is 251 g/mol. The summed E-state index contributed by atoms with van der Waals surface area (Å²) in [6.07, 6.45) is 7.16. The van der Waals surface area contributed by atoms with Crippen molar-refractivity contribution in [3.05, 3.63) is 0 Å². The quantitative estimate of drug-likeness (QED) is 0.782. The summed E-state index contributed by atoms with van der Waals surface area (Å²) >= 11 is 0. The van der Waals surface area contributed by atoms with Crippen LogP contribution in [0, 0.1) is 5.92 Å². The van der Waals surface area contributed by atoms with Crippen molar-refractivity contribution in [3.8, 4) is 0 Å². The van der Waals surface area contributed by atoms with Crippen LogP contribution in [0.5, 0.6) is 0 Å². The molecular weight excluding hydrogens is 226 g/mol. The molecule has 3 N–H and O–H groups in total. The molecule has 4 nitrogen and oxygen atoms in total. The van der Waals surface area contributed by atoms with Crippen LogP contribution < -0.4 is 11.1 Å². The number of rotatable bonds is 3. The van der Waals surface area contributed by atoms with E-state index in [9.17, 15) is 4.79 Å². The third-order valence-electron chi connectivity index (χ3n) is 5.09. The Kier molecular flexibility index (Phi) is 3.10. The minimum Gasteiger partial charge on any atom is -0.350 e. The monoisotopic (exact) mass is 251 g/mol. The van der Waals surface area contributed by atoms with E-state index in [1.54, 1.807) is 0 Å². The first-order valence-corrected chi connectivity index (χ1v) is 7.43. The first kappa shape index (κ1) is 12.4. The van der Waals surface area contributed by atoms with Gasteiger partial charge in [-0.15, -0.1) is 0 Å². The van der Waals surface area contributed by atoms with E-state index in [0.29, 0.717) is 18.0 Å². The zero-order chi connectivity index (χ0) is 12.8. The Hall–Kier alpha value is -0.610. The summed E-state index contributed by atoms with van der Waals surface area (Å²) in [4.78, 5) is 14.9. The minimum atomic E-state index is -0.651. The molecule has 0 radical (unpaired) electrons. The van der Waals surface area contributed by atoms with Crippen LogP contribution in [0.3, 0.4) is 0 Å².